The fraction of sp³-hybridized carbons (Fsp3) is 0.200. The molecule has 2 heterocycles. The van der Waals surface area contributed by atoms with Crippen LogP contribution in [-0.2, 0) is 11.3 Å². The van der Waals surface area contributed by atoms with Crippen LogP contribution in [-0.4, -0.2) is 28.6 Å². The molecule has 1 amide bonds. The van der Waals surface area contributed by atoms with E-state index in [9.17, 15) is 4.79 Å². The number of carbonyl (C=O) groups excluding carboxylic acids is 1. The molecule has 0 N–H and O–H groups in total. The smallest absolute Gasteiger partial charge is 0.227 e. The molecule has 5 aromatic rings. The molecule has 6 heteroatoms. The maximum atomic E-state index is 13.0. The van der Waals surface area contributed by atoms with Crippen molar-refractivity contribution in [3.8, 4) is 5.75 Å². The third kappa shape index (κ3) is 4.49. The second-order valence-electron chi connectivity index (χ2n) is 9.21. The number of ether oxygens (including phenoxy) is 1. The quantitative estimate of drug-likeness (QED) is 0.210. The van der Waals surface area contributed by atoms with Crippen molar-refractivity contribution >= 4 is 49.3 Å². The molecule has 0 saturated carbocycles. The number of para-hydroxylation sites is 2. The SMILES string of the molecule is O=C1CC(c2nc3ccccc3n2CCCOc2ccc3ccccc3c2)CN1c1cccc(Br)c1. The lowest BCUT2D eigenvalue weighted by Crippen LogP contribution is -2.24. The Kier molecular flexibility index (Phi) is 6.20. The molecule has 0 spiro atoms. The number of nitrogens with zero attached hydrogens (tertiary/aromatic N) is 3. The molecule has 1 saturated heterocycles. The van der Waals surface area contributed by atoms with Crippen molar-refractivity contribution in [1.82, 2.24) is 9.55 Å². The summed E-state index contributed by atoms with van der Waals surface area (Å²) < 4.78 is 9.34. The first-order chi connectivity index (χ1) is 17.7. The third-order valence-corrected chi connectivity index (χ3v) is 7.30. The van der Waals surface area contributed by atoms with Crippen LogP contribution in [0.2, 0.25) is 0 Å². The Bertz CT molecular complexity index is 1560. The summed E-state index contributed by atoms with van der Waals surface area (Å²) in [6.07, 6.45) is 1.31. The van der Waals surface area contributed by atoms with Crippen molar-refractivity contribution in [2.24, 2.45) is 0 Å². The van der Waals surface area contributed by atoms with Crippen molar-refractivity contribution in [3.05, 3.63) is 101 Å². The molecule has 1 aliphatic rings. The number of hydrogen-bond acceptors (Lipinski definition) is 3. The fourth-order valence-electron chi connectivity index (χ4n) is 5.08. The Hall–Kier alpha value is -3.64. The number of rotatable bonds is 7. The van der Waals surface area contributed by atoms with Gasteiger partial charge in [-0.2, -0.15) is 0 Å². The lowest BCUT2D eigenvalue weighted by Gasteiger charge is -2.18. The molecule has 5 nitrogen and oxygen atoms in total. The molecule has 4 aromatic carbocycles. The van der Waals surface area contributed by atoms with Crippen molar-refractivity contribution < 1.29 is 9.53 Å². The highest BCUT2D eigenvalue weighted by molar-refractivity contribution is 9.10. The highest BCUT2D eigenvalue weighted by atomic mass is 79.9. The van der Waals surface area contributed by atoms with E-state index in [2.05, 4.69) is 50.8 Å². The molecular weight excluding hydrogens is 514 g/mol. The normalized spacial score (nSPS) is 15.8. The van der Waals surface area contributed by atoms with Gasteiger partial charge in [0.25, 0.3) is 0 Å². The summed E-state index contributed by atoms with van der Waals surface area (Å²) in [6.45, 7) is 2.02. The minimum absolute atomic E-state index is 0.0466. The summed E-state index contributed by atoms with van der Waals surface area (Å²) in [6, 6.07) is 30.6. The lowest BCUT2D eigenvalue weighted by molar-refractivity contribution is -0.117. The molecule has 6 rings (SSSR count). The van der Waals surface area contributed by atoms with E-state index in [1.54, 1.807) is 0 Å². The van der Waals surface area contributed by atoms with Gasteiger partial charge >= 0.3 is 0 Å². The number of amides is 1. The van der Waals surface area contributed by atoms with E-state index in [0.29, 0.717) is 19.6 Å². The molecule has 1 atom stereocenters. The highest BCUT2D eigenvalue weighted by Gasteiger charge is 2.34. The number of benzene rings is 4. The zero-order valence-electron chi connectivity index (χ0n) is 19.8. The number of carbonyl (C=O) groups is 1. The van der Waals surface area contributed by atoms with Crippen LogP contribution in [0.15, 0.2) is 95.5 Å². The number of anilines is 1. The van der Waals surface area contributed by atoms with Crippen molar-refractivity contribution in [1.29, 1.82) is 0 Å². The Labute approximate surface area is 218 Å². The Morgan fingerprint density at radius 2 is 1.75 bits per heavy atom. The Morgan fingerprint density at radius 1 is 0.917 bits per heavy atom. The first kappa shape index (κ1) is 22.8. The average Bonchev–Trinajstić information content (AvgIpc) is 3.47. The van der Waals surface area contributed by atoms with Crippen LogP contribution in [0, 0.1) is 0 Å². The van der Waals surface area contributed by atoms with Gasteiger partial charge in [0.05, 0.1) is 17.6 Å². The first-order valence-corrected chi connectivity index (χ1v) is 13.1. The molecule has 1 aromatic heterocycles. The number of hydrogen-bond donors (Lipinski definition) is 0. The zero-order chi connectivity index (χ0) is 24.5. The van der Waals surface area contributed by atoms with Gasteiger partial charge in [-0.25, -0.2) is 4.98 Å². The number of fused-ring (bicyclic) bond motifs is 2. The standard InChI is InChI=1S/C30H26BrN3O2/c31-24-9-5-10-25(19-24)34-20-23(18-29(34)35)30-32-27-11-3-4-12-28(27)33(30)15-6-16-36-26-14-13-21-7-1-2-8-22(21)17-26/h1-5,7-14,17,19,23H,6,15-16,18,20H2. The molecule has 1 aliphatic heterocycles. The maximum absolute atomic E-state index is 13.0. The van der Waals surface area contributed by atoms with Gasteiger partial charge in [-0.15, -0.1) is 0 Å². The van der Waals surface area contributed by atoms with E-state index in [1.165, 1.54) is 10.8 Å². The Morgan fingerprint density at radius 3 is 2.64 bits per heavy atom. The molecular formula is C30H26BrN3O2. The summed E-state index contributed by atoms with van der Waals surface area (Å²) in [5, 5.41) is 2.39. The van der Waals surface area contributed by atoms with Gasteiger partial charge < -0.3 is 14.2 Å². The number of imidazole rings is 1. The van der Waals surface area contributed by atoms with E-state index in [-0.39, 0.29) is 11.8 Å². The predicted octanol–water partition coefficient (Wildman–Crippen LogP) is 6.94. The number of aryl methyl sites for hydroxylation is 1. The van der Waals surface area contributed by atoms with E-state index < -0.39 is 0 Å². The van der Waals surface area contributed by atoms with Crippen LogP contribution in [0.25, 0.3) is 21.8 Å². The monoisotopic (exact) mass is 539 g/mol. The van der Waals surface area contributed by atoms with Crippen LogP contribution in [0.3, 0.4) is 0 Å². The molecule has 1 unspecified atom stereocenters. The average molecular weight is 540 g/mol. The van der Waals surface area contributed by atoms with Gasteiger partial charge in [0, 0.05) is 35.6 Å². The minimum atomic E-state index is 0.0466. The van der Waals surface area contributed by atoms with Gasteiger partial charge in [0.1, 0.15) is 11.6 Å². The zero-order valence-corrected chi connectivity index (χ0v) is 21.4. The van der Waals surface area contributed by atoms with E-state index in [1.807, 2.05) is 65.6 Å². The predicted molar refractivity (Wildman–Crippen MR) is 148 cm³/mol. The van der Waals surface area contributed by atoms with E-state index in [0.717, 1.165) is 45.7 Å². The van der Waals surface area contributed by atoms with Crippen molar-refractivity contribution in [3.63, 3.8) is 0 Å². The molecule has 180 valence electrons. The second-order valence-corrected chi connectivity index (χ2v) is 10.1. The molecule has 36 heavy (non-hydrogen) atoms. The van der Waals surface area contributed by atoms with Gasteiger partial charge in [-0.05, 0) is 59.7 Å². The van der Waals surface area contributed by atoms with E-state index in [4.69, 9.17) is 9.72 Å². The fourth-order valence-corrected chi connectivity index (χ4v) is 5.47. The molecule has 0 bridgehead atoms. The summed E-state index contributed by atoms with van der Waals surface area (Å²) >= 11 is 3.52. The van der Waals surface area contributed by atoms with Gasteiger partial charge in [-0.3, -0.25) is 4.79 Å². The largest absolute Gasteiger partial charge is 0.494 e. The second kappa shape index (κ2) is 9.78. The maximum Gasteiger partial charge on any atom is 0.227 e. The van der Waals surface area contributed by atoms with Crippen LogP contribution in [0.4, 0.5) is 5.69 Å². The molecule has 0 radical (unpaired) electrons. The van der Waals surface area contributed by atoms with E-state index >= 15 is 0 Å². The third-order valence-electron chi connectivity index (χ3n) is 6.81. The topological polar surface area (TPSA) is 47.4 Å². The van der Waals surface area contributed by atoms with Gasteiger partial charge in [0.2, 0.25) is 5.91 Å². The molecule has 0 aliphatic carbocycles. The van der Waals surface area contributed by atoms with Gasteiger partial charge in [-0.1, -0.05) is 64.5 Å². The lowest BCUT2D eigenvalue weighted by atomic mass is 10.1. The summed E-state index contributed by atoms with van der Waals surface area (Å²) in [5.41, 5.74) is 2.99. The van der Waals surface area contributed by atoms with Crippen molar-refractivity contribution in [2.45, 2.75) is 25.3 Å². The van der Waals surface area contributed by atoms with Gasteiger partial charge in [0.15, 0.2) is 0 Å². The summed E-state index contributed by atoms with van der Waals surface area (Å²) in [7, 11) is 0. The van der Waals surface area contributed by atoms with Crippen LogP contribution < -0.4 is 9.64 Å². The Balaban J connectivity index is 1.19. The van der Waals surface area contributed by atoms with Crippen LogP contribution in [0.1, 0.15) is 24.6 Å². The molecule has 1 fully saturated rings. The highest BCUT2D eigenvalue weighted by Crippen LogP contribution is 2.34. The number of aromatic nitrogens is 2. The minimum Gasteiger partial charge on any atom is -0.494 e. The first-order valence-electron chi connectivity index (χ1n) is 12.3. The summed E-state index contributed by atoms with van der Waals surface area (Å²) in [5.74, 6) is 2.05. The van der Waals surface area contributed by atoms with Crippen LogP contribution >= 0.6 is 15.9 Å². The number of halogens is 1. The van der Waals surface area contributed by atoms with Crippen molar-refractivity contribution in [2.75, 3.05) is 18.1 Å². The van der Waals surface area contributed by atoms with Crippen LogP contribution in [0.5, 0.6) is 5.75 Å². The summed E-state index contributed by atoms with van der Waals surface area (Å²) in [4.78, 5) is 19.8.